The summed E-state index contributed by atoms with van der Waals surface area (Å²) >= 11 is 3.33. The Morgan fingerprint density at radius 1 is 1.16 bits per heavy atom. The number of carbonyl (C=O) groups is 1. The number of rotatable bonds is 3. The van der Waals surface area contributed by atoms with Crippen molar-refractivity contribution in [2.45, 2.75) is 13.8 Å². The van der Waals surface area contributed by atoms with Gasteiger partial charge in [-0.1, -0.05) is 12.1 Å². The lowest BCUT2D eigenvalue weighted by Gasteiger charge is -2.09. The third kappa shape index (κ3) is 3.51. The van der Waals surface area contributed by atoms with Gasteiger partial charge in [-0.15, -0.1) is 0 Å². The summed E-state index contributed by atoms with van der Waals surface area (Å²) in [5.74, 6) is 0.119. The molecule has 0 radical (unpaired) electrons. The highest BCUT2D eigenvalue weighted by atomic mass is 79.9. The highest BCUT2D eigenvalue weighted by Crippen LogP contribution is 2.15. The van der Waals surface area contributed by atoms with E-state index < -0.39 is 0 Å². The Bertz CT molecular complexity index is 595. The fourth-order valence-corrected chi connectivity index (χ4v) is 2.07. The fraction of sp³-hybridized carbons (Fsp3) is 0.154. The number of carbonyl (C=O) groups excluding carboxylic acids is 1. The van der Waals surface area contributed by atoms with Crippen molar-refractivity contribution in [2.24, 2.45) is 0 Å². The van der Waals surface area contributed by atoms with Gasteiger partial charge in [-0.05, 0) is 48.0 Å². The zero-order chi connectivity index (χ0) is 13.8. The first-order valence-corrected chi connectivity index (χ1v) is 6.49. The molecule has 0 aliphatic rings. The predicted molar refractivity (Wildman–Crippen MR) is 76.7 cm³/mol. The molecule has 0 unspecified atom stereocenters. The van der Waals surface area contributed by atoms with Crippen LogP contribution in [0, 0.1) is 13.8 Å². The smallest absolute Gasteiger partial charge is 0.267 e. The maximum Gasteiger partial charge on any atom is 0.270 e. The molecule has 2 rings (SSSR count). The Labute approximate surface area is 119 Å². The van der Waals surface area contributed by atoms with Crippen LogP contribution in [-0.4, -0.2) is 15.9 Å². The number of amides is 1. The van der Waals surface area contributed by atoms with Gasteiger partial charge in [0.1, 0.15) is 0 Å². The molecule has 2 aromatic rings. The third-order valence-electron chi connectivity index (χ3n) is 2.39. The molecular weight excluding hydrogens is 308 g/mol. The zero-order valence-electron chi connectivity index (χ0n) is 10.6. The van der Waals surface area contributed by atoms with Crippen LogP contribution in [0.2, 0.25) is 0 Å². The van der Waals surface area contributed by atoms with Gasteiger partial charge in [-0.3, -0.25) is 15.6 Å². The van der Waals surface area contributed by atoms with Crippen molar-refractivity contribution in [1.82, 2.24) is 15.4 Å². The van der Waals surface area contributed by atoms with E-state index in [1.54, 1.807) is 12.1 Å². The molecule has 0 aliphatic carbocycles. The van der Waals surface area contributed by atoms with Crippen molar-refractivity contribution in [3.8, 4) is 0 Å². The standard InChI is InChI=1S/C13H13BrN4O/c1-8-7-9(2)16-13(15-8)18-17-12(19)10-5-3-4-6-11(10)14/h3-7H,1-2H3,(H,17,19)(H,15,16,18). The van der Waals surface area contributed by atoms with Crippen LogP contribution >= 0.6 is 15.9 Å². The van der Waals surface area contributed by atoms with Crippen molar-refractivity contribution in [3.63, 3.8) is 0 Å². The second-order valence-corrected chi connectivity index (χ2v) is 4.89. The monoisotopic (exact) mass is 320 g/mol. The number of benzene rings is 1. The Balaban J connectivity index is 2.07. The van der Waals surface area contributed by atoms with Crippen molar-refractivity contribution in [1.29, 1.82) is 0 Å². The number of nitrogens with zero attached hydrogens (tertiary/aromatic N) is 2. The maximum atomic E-state index is 11.9. The number of aromatic nitrogens is 2. The van der Waals surface area contributed by atoms with Crippen LogP contribution in [0.15, 0.2) is 34.8 Å². The minimum absolute atomic E-state index is 0.254. The third-order valence-corrected chi connectivity index (χ3v) is 3.08. The van der Waals surface area contributed by atoms with E-state index in [4.69, 9.17) is 0 Å². The lowest BCUT2D eigenvalue weighted by Crippen LogP contribution is -2.30. The Kier molecular flexibility index (Phi) is 4.11. The van der Waals surface area contributed by atoms with Gasteiger partial charge >= 0.3 is 0 Å². The molecule has 1 aromatic heterocycles. The number of hydrogen-bond donors (Lipinski definition) is 2. The molecule has 6 heteroatoms. The molecule has 5 nitrogen and oxygen atoms in total. The second-order valence-electron chi connectivity index (χ2n) is 4.03. The van der Waals surface area contributed by atoms with Gasteiger partial charge in [-0.2, -0.15) is 0 Å². The largest absolute Gasteiger partial charge is 0.270 e. The summed E-state index contributed by atoms with van der Waals surface area (Å²) in [4.78, 5) is 20.3. The molecule has 98 valence electrons. The summed E-state index contributed by atoms with van der Waals surface area (Å²) in [5, 5.41) is 0. The van der Waals surface area contributed by atoms with Crippen LogP contribution in [0.3, 0.4) is 0 Å². The summed E-state index contributed by atoms with van der Waals surface area (Å²) in [5.41, 5.74) is 7.49. The van der Waals surface area contributed by atoms with E-state index in [1.165, 1.54) is 0 Å². The molecule has 0 atom stereocenters. The van der Waals surface area contributed by atoms with E-state index in [-0.39, 0.29) is 5.91 Å². The number of nitrogens with one attached hydrogen (secondary N) is 2. The highest BCUT2D eigenvalue weighted by Gasteiger charge is 2.09. The van der Waals surface area contributed by atoms with Crippen LogP contribution in [0.5, 0.6) is 0 Å². The minimum atomic E-state index is -0.254. The quantitative estimate of drug-likeness (QED) is 0.853. The number of aryl methyl sites for hydroxylation is 2. The lowest BCUT2D eigenvalue weighted by atomic mass is 10.2. The van der Waals surface area contributed by atoms with Gasteiger partial charge in [0.25, 0.3) is 5.91 Å². The molecule has 0 saturated carbocycles. The molecule has 2 N–H and O–H groups in total. The summed E-state index contributed by atoms with van der Waals surface area (Å²) in [6.45, 7) is 3.74. The Hall–Kier alpha value is -1.95. The van der Waals surface area contributed by atoms with Crippen molar-refractivity contribution in [2.75, 3.05) is 5.43 Å². The molecule has 0 bridgehead atoms. The van der Waals surface area contributed by atoms with E-state index >= 15 is 0 Å². The SMILES string of the molecule is Cc1cc(C)nc(NNC(=O)c2ccccc2Br)n1. The summed E-state index contributed by atoms with van der Waals surface area (Å²) in [7, 11) is 0. The number of hydrogen-bond acceptors (Lipinski definition) is 4. The molecule has 1 amide bonds. The average molecular weight is 321 g/mol. The van der Waals surface area contributed by atoms with Crippen LogP contribution in [0.4, 0.5) is 5.95 Å². The number of halogens is 1. The van der Waals surface area contributed by atoms with E-state index in [0.29, 0.717) is 11.5 Å². The van der Waals surface area contributed by atoms with Gasteiger partial charge in [0.15, 0.2) is 0 Å². The van der Waals surface area contributed by atoms with Crippen LogP contribution < -0.4 is 10.9 Å². The lowest BCUT2D eigenvalue weighted by molar-refractivity contribution is 0.0961. The van der Waals surface area contributed by atoms with Crippen LogP contribution in [0.25, 0.3) is 0 Å². The predicted octanol–water partition coefficient (Wildman–Crippen LogP) is 2.61. The van der Waals surface area contributed by atoms with Gasteiger partial charge < -0.3 is 0 Å². The first-order valence-electron chi connectivity index (χ1n) is 5.69. The van der Waals surface area contributed by atoms with Crippen molar-refractivity contribution >= 4 is 27.8 Å². The molecule has 0 spiro atoms. The maximum absolute atomic E-state index is 11.9. The second kappa shape index (κ2) is 5.79. The molecule has 1 aromatic carbocycles. The van der Waals surface area contributed by atoms with Gasteiger partial charge in [-0.25, -0.2) is 9.97 Å². The molecule has 0 fully saturated rings. The van der Waals surface area contributed by atoms with E-state index in [9.17, 15) is 4.79 Å². The Morgan fingerprint density at radius 2 is 1.79 bits per heavy atom. The van der Waals surface area contributed by atoms with Crippen molar-refractivity contribution < 1.29 is 4.79 Å². The molecule has 0 aliphatic heterocycles. The van der Waals surface area contributed by atoms with E-state index in [0.717, 1.165) is 15.9 Å². The fourth-order valence-electron chi connectivity index (χ4n) is 1.61. The van der Waals surface area contributed by atoms with Gasteiger partial charge in [0, 0.05) is 15.9 Å². The molecule has 1 heterocycles. The first kappa shape index (κ1) is 13.5. The van der Waals surface area contributed by atoms with E-state index in [1.807, 2.05) is 32.0 Å². The zero-order valence-corrected chi connectivity index (χ0v) is 12.2. The van der Waals surface area contributed by atoms with Gasteiger partial charge in [0.05, 0.1) is 5.56 Å². The molecule has 19 heavy (non-hydrogen) atoms. The molecular formula is C13H13BrN4O. The van der Waals surface area contributed by atoms with Crippen molar-refractivity contribution in [3.05, 3.63) is 51.8 Å². The molecule has 0 saturated heterocycles. The number of anilines is 1. The van der Waals surface area contributed by atoms with E-state index in [2.05, 4.69) is 36.7 Å². The first-order chi connectivity index (χ1) is 9.06. The Morgan fingerprint density at radius 3 is 2.42 bits per heavy atom. The van der Waals surface area contributed by atoms with Crippen LogP contribution in [0.1, 0.15) is 21.7 Å². The normalized spacial score (nSPS) is 10.1. The average Bonchev–Trinajstić information content (AvgIpc) is 2.35. The van der Waals surface area contributed by atoms with Crippen LogP contribution in [-0.2, 0) is 0 Å². The highest BCUT2D eigenvalue weighted by molar-refractivity contribution is 9.10. The minimum Gasteiger partial charge on any atom is -0.267 e. The number of hydrazine groups is 1. The van der Waals surface area contributed by atoms with Gasteiger partial charge in [0.2, 0.25) is 5.95 Å². The summed E-state index contributed by atoms with van der Waals surface area (Å²) in [6.07, 6.45) is 0. The summed E-state index contributed by atoms with van der Waals surface area (Å²) < 4.78 is 0.732. The topological polar surface area (TPSA) is 66.9 Å². The summed E-state index contributed by atoms with van der Waals surface area (Å²) in [6, 6.07) is 9.04.